The Bertz CT molecular complexity index is 1890. The topological polar surface area (TPSA) is 145 Å². The highest BCUT2D eigenvalue weighted by molar-refractivity contribution is 9.10. The first kappa shape index (κ1) is 36.0. The third-order valence-corrected chi connectivity index (χ3v) is 8.51. The maximum atomic E-state index is 12.5. The Kier molecular flexibility index (Phi) is 11.8. The average Bonchev–Trinajstić information content (AvgIpc) is 3.38. The van der Waals surface area contributed by atoms with Gasteiger partial charge in [-0.2, -0.15) is 5.10 Å². The molecule has 0 fully saturated rings. The molecule has 3 aromatic carbocycles. The minimum absolute atomic E-state index is 0.136. The van der Waals surface area contributed by atoms with Gasteiger partial charge >= 0.3 is 12.0 Å². The number of ether oxygens (including phenoxy) is 4. The van der Waals surface area contributed by atoms with Gasteiger partial charge in [-0.05, 0) is 93.4 Å². The summed E-state index contributed by atoms with van der Waals surface area (Å²) < 4.78 is 25.7. The van der Waals surface area contributed by atoms with Gasteiger partial charge in [0.1, 0.15) is 19.0 Å². The predicted octanol–water partition coefficient (Wildman–Crippen LogP) is 5.96. The van der Waals surface area contributed by atoms with E-state index in [1.54, 1.807) is 31.3 Å². The highest BCUT2D eigenvalue weighted by atomic mass is 79.9. The first-order chi connectivity index (χ1) is 24.1. The summed E-state index contributed by atoms with van der Waals surface area (Å²) in [6.07, 6.45) is 0.522. The summed E-state index contributed by atoms with van der Waals surface area (Å²) in [6, 6.07) is 21.8. The van der Waals surface area contributed by atoms with Gasteiger partial charge < -0.3 is 39.3 Å². The fourth-order valence-electron chi connectivity index (χ4n) is 5.57. The molecule has 4 N–H and O–H groups in total. The fourth-order valence-corrected chi connectivity index (χ4v) is 5.83. The van der Waals surface area contributed by atoms with Crippen molar-refractivity contribution in [2.24, 2.45) is 5.10 Å². The normalized spacial score (nSPS) is 14.9. The Balaban J connectivity index is 1.19. The van der Waals surface area contributed by atoms with E-state index in [0.717, 1.165) is 38.4 Å². The number of nitrogens with one attached hydrogen (secondary N) is 3. The Morgan fingerprint density at radius 1 is 1.02 bits per heavy atom. The second-order valence-corrected chi connectivity index (χ2v) is 12.4. The van der Waals surface area contributed by atoms with Crippen LogP contribution in [0.1, 0.15) is 48.0 Å². The summed E-state index contributed by atoms with van der Waals surface area (Å²) >= 11 is 3.45. The van der Waals surface area contributed by atoms with Gasteiger partial charge in [-0.1, -0.05) is 34.1 Å². The molecule has 0 unspecified atom stereocenters. The van der Waals surface area contributed by atoms with Crippen molar-refractivity contribution >= 4 is 34.1 Å². The number of carbonyl (C=O) groups is 2. The van der Waals surface area contributed by atoms with Crippen LogP contribution in [0, 0.1) is 13.8 Å². The van der Waals surface area contributed by atoms with E-state index in [4.69, 9.17) is 18.9 Å². The van der Waals surface area contributed by atoms with Gasteiger partial charge in [0.15, 0.2) is 17.7 Å². The number of aliphatic hydroxyl groups excluding tert-OH is 1. The van der Waals surface area contributed by atoms with E-state index in [-0.39, 0.29) is 12.2 Å². The number of halogens is 1. The molecular formula is C37H40BrN5O7. The lowest BCUT2D eigenvalue weighted by Crippen LogP contribution is -2.45. The van der Waals surface area contributed by atoms with Crippen LogP contribution in [0.5, 0.6) is 17.2 Å². The van der Waals surface area contributed by atoms with Gasteiger partial charge in [0, 0.05) is 32.8 Å². The Morgan fingerprint density at radius 2 is 1.76 bits per heavy atom. The smallest absolute Gasteiger partial charge is 0.337 e. The molecule has 1 aliphatic rings. The van der Waals surface area contributed by atoms with Gasteiger partial charge in [-0.3, -0.25) is 5.43 Å². The summed E-state index contributed by atoms with van der Waals surface area (Å²) in [6.45, 7) is 8.17. The Morgan fingerprint density at radius 3 is 2.46 bits per heavy atom. The van der Waals surface area contributed by atoms with Crippen LogP contribution in [0.15, 0.2) is 93.6 Å². The number of hydrazone groups is 1. The molecule has 2 heterocycles. The number of allylic oxidation sites excluding steroid dienone is 1. The maximum absolute atomic E-state index is 12.5. The van der Waals surface area contributed by atoms with Gasteiger partial charge in [0.25, 0.3) is 0 Å². The number of hydrogen-bond donors (Lipinski definition) is 4. The van der Waals surface area contributed by atoms with Crippen molar-refractivity contribution in [3.05, 3.63) is 117 Å². The zero-order chi connectivity index (χ0) is 35.8. The van der Waals surface area contributed by atoms with Crippen LogP contribution in [0.4, 0.5) is 4.79 Å². The van der Waals surface area contributed by atoms with Gasteiger partial charge in [-0.15, -0.1) is 0 Å². The number of hydrogen-bond acceptors (Lipinski definition) is 9. The van der Waals surface area contributed by atoms with E-state index in [1.165, 1.54) is 7.11 Å². The van der Waals surface area contributed by atoms with Gasteiger partial charge in [0.05, 0.1) is 31.5 Å². The summed E-state index contributed by atoms with van der Waals surface area (Å²) in [5.41, 5.74) is 8.93. The molecular weight excluding hydrogens is 706 g/mol. The molecule has 13 heteroatoms. The summed E-state index contributed by atoms with van der Waals surface area (Å²) in [5, 5.41) is 20.2. The van der Waals surface area contributed by atoms with Crippen molar-refractivity contribution < 1.29 is 33.6 Å². The van der Waals surface area contributed by atoms with Crippen molar-refractivity contribution in [3.8, 4) is 22.9 Å². The zero-order valence-electron chi connectivity index (χ0n) is 28.5. The zero-order valence-corrected chi connectivity index (χ0v) is 30.0. The van der Waals surface area contributed by atoms with Gasteiger partial charge in [-0.25, -0.2) is 9.59 Å². The van der Waals surface area contributed by atoms with Crippen LogP contribution in [0.25, 0.3) is 5.69 Å². The first-order valence-electron chi connectivity index (χ1n) is 16.0. The third-order valence-electron chi connectivity index (χ3n) is 7.98. The number of esters is 1. The molecule has 0 bridgehead atoms. The van der Waals surface area contributed by atoms with Crippen molar-refractivity contribution in [3.63, 3.8) is 0 Å². The van der Waals surface area contributed by atoms with Crippen LogP contribution >= 0.6 is 15.9 Å². The van der Waals surface area contributed by atoms with Crippen molar-refractivity contribution in [2.75, 3.05) is 20.3 Å². The molecule has 5 rings (SSSR count). The number of benzene rings is 3. The molecule has 0 spiro atoms. The van der Waals surface area contributed by atoms with Gasteiger partial charge in [0.2, 0.25) is 0 Å². The SMILES string of the molecule is CCOc1cc([C@@H]2NC(=O)NC(C)=C2C(=O)OC)ccc1OC[C@H](O)N/N=C/c1cc(C)n(-c2ccc(OCc3ccc(Br)cc3)cc2)c1C. The number of methoxy groups -OCH3 is 1. The molecule has 262 valence electrons. The largest absolute Gasteiger partial charge is 0.490 e. The lowest BCUT2D eigenvalue weighted by molar-refractivity contribution is -0.136. The number of nitrogens with zero attached hydrogens (tertiary/aromatic N) is 2. The van der Waals surface area contributed by atoms with E-state index in [1.807, 2.05) is 75.4 Å². The molecule has 12 nitrogen and oxygen atoms in total. The molecule has 0 saturated heterocycles. The Labute approximate surface area is 299 Å². The summed E-state index contributed by atoms with van der Waals surface area (Å²) in [4.78, 5) is 24.7. The minimum Gasteiger partial charge on any atom is -0.490 e. The average molecular weight is 747 g/mol. The van der Waals surface area contributed by atoms with Crippen LogP contribution in [0.2, 0.25) is 0 Å². The standard InChI is InChI=1S/C37H40BrN5O7/c1-6-48-32-18-26(35-34(36(45)47-5)23(3)40-37(46)41-35)9-16-31(32)50-21-33(44)42-39-19-27-17-22(2)43(24(27)4)29-12-14-30(15-13-29)49-20-25-7-10-28(38)11-8-25/h7-19,33,35,42,44H,6,20-21H2,1-5H3,(H2,40,41,46)/b39-19+/t33-,35-/m0/s1. The number of amides is 2. The van der Waals surface area contributed by atoms with Crippen LogP contribution in [0.3, 0.4) is 0 Å². The maximum Gasteiger partial charge on any atom is 0.337 e. The van der Waals surface area contributed by atoms with Crippen LogP contribution in [-0.4, -0.2) is 54.4 Å². The second-order valence-electron chi connectivity index (χ2n) is 11.5. The minimum atomic E-state index is -1.13. The number of rotatable bonds is 14. The molecule has 1 aliphatic heterocycles. The molecule has 0 radical (unpaired) electrons. The number of aryl methyl sites for hydroxylation is 1. The van der Waals surface area contributed by atoms with Crippen molar-refractivity contribution in [1.29, 1.82) is 0 Å². The molecule has 2 atom stereocenters. The quantitative estimate of drug-likeness (QED) is 0.0536. The van der Waals surface area contributed by atoms with Crippen LogP contribution < -0.4 is 30.3 Å². The molecule has 4 aromatic rings. The number of aliphatic hydroxyl groups is 1. The highest BCUT2D eigenvalue weighted by Gasteiger charge is 2.32. The molecule has 0 aliphatic carbocycles. The molecule has 50 heavy (non-hydrogen) atoms. The Hall–Kier alpha value is -5.27. The highest BCUT2D eigenvalue weighted by Crippen LogP contribution is 2.35. The van der Waals surface area contributed by atoms with E-state index in [9.17, 15) is 14.7 Å². The van der Waals surface area contributed by atoms with E-state index in [0.29, 0.717) is 36.0 Å². The van der Waals surface area contributed by atoms with Crippen molar-refractivity contribution in [1.82, 2.24) is 20.6 Å². The first-order valence-corrected chi connectivity index (χ1v) is 16.8. The number of urea groups is 1. The second kappa shape index (κ2) is 16.4. The fraction of sp³-hybridized carbons (Fsp3) is 0.270. The van der Waals surface area contributed by atoms with E-state index >= 15 is 0 Å². The summed E-state index contributed by atoms with van der Waals surface area (Å²) in [5.74, 6) is 0.963. The van der Waals surface area contributed by atoms with Crippen LogP contribution in [-0.2, 0) is 16.1 Å². The lowest BCUT2D eigenvalue weighted by atomic mass is 9.95. The lowest BCUT2D eigenvalue weighted by Gasteiger charge is -2.28. The number of carbonyl (C=O) groups excluding carboxylic acids is 2. The summed E-state index contributed by atoms with van der Waals surface area (Å²) in [7, 11) is 1.28. The van der Waals surface area contributed by atoms with E-state index in [2.05, 4.69) is 41.7 Å². The molecule has 2 amide bonds. The monoisotopic (exact) mass is 745 g/mol. The van der Waals surface area contributed by atoms with E-state index < -0.39 is 24.3 Å². The number of aromatic nitrogens is 1. The molecule has 0 saturated carbocycles. The van der Waals surface area contributed by atoms with Crippen molar-refractivity contribution in [2.45, 2.75) is 46.6 Å². The predicted molar refractivity (Wildman–Crippen MR) is 193 cm³/mol. The third kappa shape index (κ3) is 8.65. The molecule has 1 aromatic heterocycles.